The fraction of sp³-hybridized carbons (Fsp3) is 0.941. The Bertz CT molecular complexity index is 314. The highest BCUT2D eigenvalue weighted by molar-refractivity contribution is 5.82. The molecule has 1 atom stereocenters. The van der Waals surface area contributed by atoms with Crippen molar-refractivity contribution >= 4 is 5.91 Å². The molecule has 1 aliphatic rings. The molecule has 1 fully saturated rings. The standard InChI is InChI=1S/C17H35N3O/c1-13(2)6-9-20-10-7-14(8-11-20)12-19-16(21)15(18)17(3,4)5/h13-15H,6-12,18H2,1-5H3,(H,19,21)/t15-/m1/s1. The summed E-state index contributed by atoms with van der Waals surface area (Å²) in [5.41, 5.74) is 5.80. The number of hydrogen-bond donors (Lipinski definition) is 2. The van der Waals surface area contributed by atoms with Crippen molar-refractivity contribution in [3.8, 4) is 0 Å². The molecule has 1 aliphatic heterocycles. The van der Waals surface area contributed by atoms with E-state index in [2.05, 4.69) is 24.1 Å². The van der Waals surface area contributed by atoms with Gasteiger partial charge in [0, 0.05) is 6.54 Å². The molecule has 0 radical (unpaired) electrons. The smallest absolute Gasteiger partial charge is 0.237 e. The van der Waals surface area contributed by atoms with Gasteiger partial charge in [-0.2, -0.15) is 0 Å². The molecule has 0 unspecified atom stereocenters. The van der Waals surface area contributed by atoms with Crippen LogP contribution in [0.5, 0.6) is 0 Å². The largest absolute Gasteiger partial charge is 0.354 e. The van der Waals surface area contributed by atoms with Crippen LogP contribution >= 0.6 is 0 Å². The average molecular weight is 297 g/mol. The minimum atomic E-state index is -0.427. The van der Waals surface area contributed by atoms with Gasteiger partial charge in [-0.3, -0.25) is 4.79 Å². The van der Waals surface area contributed by atoms with Gasteiger partial charge < -0.3 is 16.0 Å². The molecule has 1 heterocycles. The van der Waals surface area contributed by atoms with E-state index in [1.165, 1.54) is 38.9 Å². The molecule has 1 amide bonds. The van der Waals surface area contributed by atoms with Gasteiger partial charge in [-0.1, -0.05) is 34.6 Å². The Morgan fingerprint density at radius 3 is 2.33 bits per heavy atom. The van der Waals surface area contributed by atoms with Crippen molar-refractivity contribution in [2.24, 2.45) is 23.0 Å². The van der Waals surface area contributed by atoms with Gasteiger partial charge in [0.15, 0.2) is 0 Å². The topological polar surface area (TPSA) is 58.4 Å². The summed E-state index contributed by atoms with van der Waals surface area (Å²) >= 11 is 0. The van der Waals surface area contributed by atoms with Crippen LogP contribution < -0.4 is 11.1 Å². The molecule has 0 saturated carbocycles. The lowest BCUT2D eigenvalue weighted by atomic mass is 9.86. The van der Waals surface area contributed by atoms with E-state index >= 15 is 0 Å². The van der Waals surface area contributed by atoms with Gasteiger partial charge in [-0.05, 0) is 56.1 Å². The van der Waals surface area contributed by atoms with Crippen molar-refractivity contribution in [2.75, 3.05) is 26.2 Å². The molecule has 124 valence electrons. The number of rotatable bonds is 6. The Labute approximate surface area is 130 Å². The van der Waals surface area contributed by atoms with Crippen LogP contribution in [0.3, 0.4) is 0 Å². The predicted octanol–water partition coefficient (Wildman–Crippen LogP) is 2.23. The predicted molar refractivity (Wildman–Crippen MR) is 89.1 cm³/mol. The first kappa shape index (κ1) is 18.4. The van der Waals surface area contributed by atoms with Crippen molar-refractivity contribution < 1.29 is 4.79 Å². The third kappa shape index (κ3) is 6.79. The van der Waals surface area contributed by atoms with Crippen molar-refractivity contribution in [1.82, 2.24) is 10.2 Å². The third-order valence-electron chi connectivity index (χ3n) is 4.51. The molecule has 1 saturated heterocycles. The number of hydrogen-bond acceptors (Lipinski definition) is 3. The number of carbonyl (C=O) groups excluding carboxylic acids is 1. The van der Waals surface area contributed by atoms with E-state index in [0.717, 1.165) is 12.5 Å². The lowest BCUT2D eigenvalue weighted by Gasteiger charge is -2.33. The number of nitrogens with one attached hydrogen (secondary N) is 1. The molecule has 0 bridgehead atoms. The summed E-state index contributed by atoms with van der Waals surface area (Å²) in [6.45, 7) is 14.9. The van der Waals surface area contributed by atoms with E-state index in [1.807, 2.05) is 20.8 Å². The fourth-order valence-electron chi connectivity index (χ4n) is 2.60. The monoisotopic (exact) mass is 297 g/mol. The van der Waals surface area contributed by atoms with Crippen LogP contribution in [0.4, 0.5) is 0 Å². The number of likely N-dealkylation sites (tertiary alicyclic amines) is 1. The van der Waals surface area contributed by atoms with Crippen LogP contribution in [-0.2, 0) is 4.79 Å². The van der Waals surface area contributed by atoms with E-state index in [9.17, 15) is 4.79 Å². The molecular weight excluding hydrogens is 262 g/mol. The van der Waals surface area contributed by atoms with Crippen molar-refractivity contribution in [3.05, 3.63) is 0 Å². The highest BCUT2D eigenvalue weighted by Gasteiger charge is 2.28. The molecule has 0 spiro atoms. The maximum absolute atomic E-state index is 12.0. The zero-order valence-electron chi connectivity index (χ0n) is 14.6. The maximum atomic E-state index is 12.0. The van der Waals surface area contributed by atoms with Gasteiger partial charge in [0.05, 0.1) is 6.04 Å². The van der Waals surface area contributed by atoms with Crippen LogP contribution in [0.1, 0.15) is 53.9 Å². The summed E-state index contributed by atoms with van der Waals surface area (Å²) in [6.07, 6.45) is 3.65. The van der Waals surface area contributed by atoms with Crippen molar-refractivity contribution in [1.29, 1.82) is 0 Å². The number of carbonyl (C=O) groups is 1. The minimum absolute atomic E-state index is 0.00950. The molecule has 21 heavy (non-hydrogen) atoms. The van der Waals surface area contributed by atoms with Crippen molar-refractivity contribution in [3.63, 3.8) is 0 Å². The van der Waals surface area contributed by atoms with E-state index in [0.29, 0.717) is 5.92 Å². The van der Waals surface area contributed by atoms with Gasteiger partial charge in [0.1, 0.15) is 0 Å². The number of nitrogens with zero attached hydrogens (tertiary/aromatic N) is 1. The van der Waals surface area contributed by atoms with Gasteiger partial charge in [0.25, 0.3) is 0 Å². The van der Waals surface area contributed by atoms with E-state index in [4.69, 9.17) is 5.73 Å². The summed E-state index contributed by atoms with van der Waals surface area (Å²) in [5.74, 6) is 1.38. The Kier molecular flexibility index (Phi) is 7.14. The highest BCUT2D eigenvalue weighted by Crippen LogP contribution is 2.19. The molecule has 1 rings (SSSR count). The van der Waals surface area contributed by atoms with Gasteiger partial charge in [0.2, 0.25) is 5.91 Å². The van der Waals surface area contributed by atoms with E-state index in [-0.39, 0.29) is 11.3 Å². The molecule has 4 nitrogen and oxygen atoms in total. The number of nitrogens with two attached hydrogens (primary N) is 1. The molecule has 0 aromatic carbocycles. The third-order valence-corrected chi connectivity index (χ3v) is 4.51. The fourth-order valence-corrected chi connectivity index (χ4v) is 2.60. The lowest BCUT2D eigenvalue weighted by Crippen LogP contribution is -2.50. The summed E-state index contributed by atoms with van der Waals surface area (Å²) < 4.78 is 0. The Morgan fingerprint density at radius 2 is 1.86 bits per heavy atom. The Balaban J connectivity index is 2.23. The van der Waals surface area contributed by atoms with Crippen LogP contribution in [0, 0.1) is 17.3 Å². The first-order valence-electron chi connectivity index (χ1n) is 8.45. The van der Waals surface area contributed by atoms with Gasteiger partial charge in [-0.25, -0.2) is 0 Å². The van der Waals surface area contributed by atoms with Crippen LogP contribution in [0.25, 0.3) is 0 Å². The van der Waals surface area contributed by atoms with Gasteiger partial charge in [-0.15, -0.1) is 0 Å². The summed E-state index contributed by atoms with van der Waals surface area (Å²) in [7, 11) is 0. The van der Waals surface area contributed by atoms with Gasteiger partial charge >= 0.3 is 0 Å². The second-order valence-corrected chi connectivity index (χ2v) is 8.06. The average Bonchev–Trinajstić information content (AvgIpc) is 2.41. The second kappa shape index (κ2) is 8.14. The first-order valence-corrected chi connectivity index (χ1v) is 8.45. The van der Waals surface area contributed by atoms with Crippen LogP contribution in [0.15, 0.2) is 0 Å². The molecule has 3 N–H and O–H groups in total. The van der Waals surface area contributed by atoms with E-state index in [1.54, 1.807) is 0 Å². The molecular formula is C17H35N3O. The first-order chi connectivity index (χ1) is 9.70. The summed E-state index contributed by atoms with van der Waals surface area (Å²) in [5, 5.41) is 3.04. The lowest BCUT2D eigenvalue weighted by molar-refractivity contribution is -0.124. The second-order valence-electron chi connectivity index (χ2n) is 8.06. The molecule has 0 aromatic rings. The Morgan fingerprint density at radius 1 is 1.29 bits per heavy atom. The summed E-state index contributed by atoms with van der Waals surface area (Å²) in [6, 6.07) is -0.427. The molecule has 0 aliphatic carbocycles. The quantitative estimate of drug-likeness (QED) is 0.790. The highest BCUT2D eigenvalue weighted by atomic mass is 16.2. The van der Waals surface area contributed by atoms with Crippen LogP contribution in [0.2, 0.25) is 0 Å². The normalized spacial score (nSPS) is 19.8. The zero-order valence-corrected chi connectivity index (χ0v) is 14.6. The number of piperidine rings is 1. The maximum Gasteiger partial charge on any atom is 0.237 e. The van der Waals surface area contributed by atoms with Crippen molar-refractivity contribution in [2.45, 2.75) is 59.9 Å². The SMILES string of the molecule is CC(C)CCN1CCC(CNC(=O)[C@@H](N)C(C)(C)C)CC1. The van der Waals surface area contributed by atoms with E-state index < -0.39 is 6.04 Å². The molecule has 0 aromatic heterocycles. The van der Waals surface area contributed by atoms with Crippen LogP contribution in [-0.4, -0.2) is 43.0 Å². The minimum Gasteiger partial charge on any atom is -0.354 e. The zero-order chi connectivity index (χ0) is 16.0. The summed E-state index contributed by atoms with van der Waals surface area (Å²) in [4.78, 5) is 14.6. The Hall–Kier alpha value is -0.610. The molecule has 4 heteroatoms. The number of amides is 1.